The van der Waals surface area contributed by atoms with Gasteiger partial charge in [0.2, 0.25) is 5.95 Å². The van der Waals surface area contributed by atoms with Crippen LogP contribution in [0.1, 0.15) is 21.5 Å². The first kappa shape index (κ1) is 15.7. The van der Waals surface area contributed by atoms with Crippen LogP contribution in [0.4, 0.5) is 17.3 Å². The van der Waals surface area contributed by atoms with Crippen LogP contribution in [-0.2, 0) is 0 Å². The molecule has 0 bridgehead atoms. The number of rotatable bonds is 4. The maximum Gasteiger partial charge on any atom is 0.258 e. The van der Waals surface area contributed by atoms with Crippen LogP contribution in [0.2, 0.25) is 0 Å². The molecule has 24 heavy (non-hydrogen) atoms. The molecule has 1 heterocycles. The number of nitrogens with zero attached hydrogens (tertiary/aromatic N) is 2. The Kier molecular flexibility index (Phi) is 4.52. The predicted molar refractivity (Wildman–Crippen MR) is 95.6 cm³/mol. The van der Waals surface area contributed by atoms with Crippen molar-refractivity contribution < 1.29 is 4.79 Å². The first-order valence-corrected chi connectivity index (χ1v) is 7.64. The third kappa shape index (κ3) is 3.76. The van der Waals surface area contributed by atoms with Crippen molar-refractivity contribution in [1.82, 2.24) is 9.97 Å². The van der Waals surface area contributed by atoms with Crippen molar-refractivity contribution in [3.63, 3.8) is 0 Å². The van der Waals surface area contributed by atoms with E-state index in [0.717, 1.165) is 16.9 Å². The van der Waals surface area contributed by atoms with Crippen LogP contribution in [0.15, 0.2) is 60.9 Å². The molecule has 2 aromatic carbocycles. The normalized spacial score (nSPS) is 10.2. The summed E-state index contributed by atoms with van der Waals surface area (Å²) >= 11 is 0. The first-order chi connectivity index (χ1) is 11.6. The van der Waals surface area contributed by atoms with Crippen LogP contribution in [0.3, 0.4) is 0 Å². The highest BCUT2D eigenvalue weighted by Gasteiger charge is 2.08. The summed E-state index contributed by atoms with van der Waals surface area (Å²) in [5, 5.41) is 5.94. The van der Waals surface area contributed by atoms with Gasteiger partial charge in [0.25, 0.3) is 5.91 Å². The molecule has 0 saturated carbocycles. The van der Waals surface area contributed by atoms with Crippen LogP contribution in [0.5, 0.6) is 0 Å². The number of carbonyl (C=O) groups excluding carboxylic acids is 1. The second-order valence-electron chi connectivity index (χ2n) is 5.54. The summed E-state index contributed by atoms with van der Waals surface area (Å²) in [4.78, 5) is 20.6. The van der Waals surface area contributed by atoms with E-state index >= 15 is 0 Å². The van der Waals surface area contributed by atoms with Crippen LogP contribution in [-0.4, -0.2) is 15.9 Å². The quantitative estimate of drug-likeness (QED) is 0.760. The smallest absolute Gasteiger partial charge is 0.258 e. The highest BCUT2D eigenvalue weighted by atomic mass is 16.1. The van der Waals surface area contributed by atoms with Gasteiger partial charge in [0.15, 0.2) is 0 Å². The molecule has 0 aliphatic rings. The molecule has 3 aromatic rings. The van der Waals surface area contributed by atoms with Gasteiger partial charge in [-0.25, -0.2) is 9.97 Å². The summed E-state index contributed by atoms with van der Waals surface area (Å²) in [6, 6.07) is 15.4. The van der Waals surface area contributed by atoms with E-state index < -0.39 is 0 Å². The first-order valence-electron chi connectivity index (χ1n) is 7.64. The van der Waals surface area contributed by atoms with E-state index in [9.17, 15) is 4.79 Å². The molecule has 120 valence electrons. The van der Waals surface area contributed by atoms with Crippen molar-refractivity contribution >= 4 is 23.2 Å². The van der Waals surface area contributed by atoms with Crippen LogP contribution < -0.4 is 10.6 Å². The zero-order chi connectivity index (χ0) is 16.9. The van der Waals surface area contributed by atoms with Gasteiger partial charge in [-0.15, -0.1) is 0 Å². The molecule has 2 N–H and O–H groups in total. The highest BCUT2D eigenvalue weighted by molar-refractivity contribution is 6.03. The number of hydrogen-bond acceptors (Lipinski definition) is 4. The minimum atomic E-state index is -0.232. The number of nitrogens with one attached hydrogen (secondary N) is 2. The summed E-state index contributed by atoms with van der Waals surface area (Å²) in [6.45, 7) is 4.05. The molecule has 0 aliphatic carbocycles. The lowest BCUT2D eigenvalue weighted by Crippen LogP contribution is -2.13. The maximum atomic E-state index is 12.3. The summed E-state index contributed by atoms with van der Waals surface area (Å²) < 4.78 is 0. The van der Waals surface area contributed by atoms with Crippen molar-refractivity contribution in [2.45, 2.75) is 13.8 Å². The topological polar surface area (TPSA) is 66.9 Å². The molecule has 0 atom stereocenters. The Hall–Kier alpha value is -3.21. The standard InChI is InChI=1S/C19H18N4O/c1-13-8-9-17(10-14(13)2)22-18(24)15-11-20-19(21-12-15)23-16-6-4-3-5-7-16/h3-12H,1-2H3,(H,22,24)(H,20,21,23). The van der Waals surface area contributed by atoms with Crippen LogP contribution >= 0.6 is 0 Å². The number of aryl methyl sites for hydroxylation is 2. The second-order valence-corrected chi connectivity index (χ2v) is 5.54. The number of benzene rings is 2. The average molecular weight is 318 g/mol. The van der Waals surface area contributed by atoms with E-state index in [0.29, 0.717) is 11.5 Å². The summed E-state index contributed by atoms with van der Waals surface area (Å²) in [7, 11) is 0. The average Bonchev–Trinajstić information content (AvgIpc) is 2.60. The Balaban J connectivity index is 1.68. The van der Waals surface area contributed by atoms with E-state index in [1.54, 1.807) is 0 Å². The van der Waals surface area contributed by atoms with Gasteiger partial charge < -0.3 is 10.6 Å². The van der Waals surface area contributed by atoms with Crippen molar-refractivity contribution in [3.8, 4) is 0 Å². The van der Waals surface area contributed by atoms with E-state index in [4.69, 9.17) is 0 Å². The van der Waals surface area contributed by atoms with Gasteiger partial charge in [0, 0.05) is 23.8 Å². The minimum absolute atomic E-state index is 0.232. The third-order valence-corrected chi connectivity index (χ3v) is 3.71. The Bertz CT molecular complexity index is 845. The molecular weight excluding hydrogens is 300 g/mol. The van der Waals surface area contributed by atoms with Gasteiger partial charge in [-0.3, -0.25) is 4.79 Å². The molecule has 0 radical (unpaired) electrons. The molecule has 0 spiro atoms. The number of hydrogen-bond donors (Lipinski definition) is 2. The number of carbonyl (C=O) groups is 1. The van der Waals surface area contributed by atoms with E-state index in [1.807, 2.05) is 62.4 Å². The molecule has 0 fully saturated rings. The number of para-hydroxylation sites is 1. The van der Waals surface area contributed by atoms with Gasteiger partial charge >= 0.3 is 0 Å². The number of anilines is 3. The van der Waals surface area contributed by atoms with Crippen molar-refractivity contribution in [2.75, 3.05) is 10.6 Å². The molecule has 0 saturated heterocycles. The minimum Gasteiger partial charge on any atom is -0.324 e. The molecule has 1 aromatic heterocycles. The Labute approximate surface area is 140 Å². The SMILES string of the molecule is Cc1ccc(NC(=O)c2cnc(Nc3ccccc3)nc2)cc1C. The fourth-order valence-corrected chi connectivity index (χ4v) is 2.18. The maximum absolute atomic E-state index is 12.3. The molecule has 1 amide bonds. The molecule has 0 unspecified atom stereocenters. The van der Waals surface area contributed by atoms with Crippen molar-refractivity contribution in [1.29, 1.82) is 0 Å². The third-order valence-electron chi connectivity index (χ3n) is 3.71. The molecule has 0 aliphatic heterocycles. The zero-order valence-corrected chi connectivity index (χ0v) is 13.6. The van der Waals surface area contributed by atoms with E-state index in [2.05, 4.69) is 20.6 Å². The lowest BCUT2D eigenvalue weighted by molar-refractivity contribution is 0.102. The largest absolute Gasteiger partial charge is 0.324 e. The Morgan fingerprint density at radius 1 is 0.875 bits per heavy atom. The zero-order valence-electron chi connectivity index (χ0n) is 13.6. The van der Waals surface area contributed by atoms with Gasteiger partial charge in [-0.2, -0.15) is 0 Å². The van der Waals surface area contributed by atoms with Gasteiger partial charge in [0.1, 0.15) is 0 Å². The molecule has 3 rings (SSSR count). The van der Waals surface area contributed by atoms with E-state index in [1.165, 1.54) is 18.0 Å². The van der Waals surface area contributed by atoms with Crippen LogP contribution in [0, 0.1) is 13.8 Å². The van der Waals surface area contributed by atoms with Gasteiger partial charge in [-0.1, -0.05) is 24.3 Å². The number of amides is 1. The van der Waals surface area contributed by atoms with Gasteiger partial charge in [-0.05, 0) is 49.2 Å². The second kappa shape index (κ2) is 6.91. The van der Waals surface area contributed by atoms with Gasteiger partial charge in [0.05, 0.1) is 5.56 Å². The Morgan fingerprint density at radius 3 is 2.25 bits per heavy atom. The lowest BCUT2D eigenvalue weighted by Gasteiger charge is -2.08. The van der Waals surface area contributed by atoms with Crippen molar-refractivity contribution in [2.24, 2.45) is 0 Å². The fraction of sp³-hybridized carbons (Fsp3) is 0.105. The summed E-state index contributed by atoms with van der Waals surface area (Å²) in [5.41, 5.74) is 4.38. The molecule has 5 heteroatoms. The fourth-order valence-electron chi connectivity index (χ4n) is 2.18. The highest BCUT2D eigenvalue weighted by Crippen LogP contribution is 2.16. The number of aromatic nitrogens is 2. The lowest BCUT2D eigenvalue weighted by atomic mass is 10.1. The Morgan fingerprint density at radius 2 is 1.58 bits per heavy atom. The van der Waals surface area contributed by atoms with Crippen LogP contribution in [0.25, 0.3) is 0 Å². The van der Waals surface area contributed by atoms with Crippen molar-refractivity contribution in [3.05, 3.63) is 77.6 Å². The predicted octanol–water partition coefficient (Wildman–Crippen LogP) is 4.09. The van der Waals surface area contributed by atoms with E-state index in [-0.39, 0.29) is 5.91 Å². The summed E-state index contributed by atoms with van der Waals surface area (Å²) in [5.74, 6) is 0.216. The molecular formula is C19H18N4O. The summed E-state index contributed by atoms with van der Waals surface area (Å²) in [6.07, 6.45) is 3.02. The monoisotopic (exact) mass is 318 g/mol. The molecule has 5 nitrogen and oxygen atoms in total.